The van der Waals surface area contributed by atoms with Gasteiger partial charge in [0.2, 0.25) is 6.79 Å². The third-order valence-corrected chi connectivity index (χ3v) is 5.82. The molecule has 126 valence electrons. The molecule has 1 amide bonds. The van der Waals surface area contributed by atoms with E-state index in [-0.39, 0.29) is 12.7 Å². The first-order valence-electron chi connectivity index (χ1n) is 7.47. The number of halogens is 1. The van der Waals surface area contributed by atoms with Crippen molar-refractivity contribution < 1.29 is 14.3 Å². The average molecular weight is 434 g/mol. The SMILES string of the molecule is Cc1cccc(N2C(=O)/C(=C\c3cc4c(cc3Br)OCO4)SC2=S)c1. The number of benzene rings is 2. The summed E-state index contributed by atoms with van der Waals surface area (Å²) >= 11 is 10.2. The van der Waals surface area contributed by atoms with Crippen molar-refractivity contribution in [2.75, 3.05) is 11.7 Å². The Balaban J connectivity index is 1.69. The minimum Gasteiger partial charge on any atom is -0.454 e. The van der Waals surface area contributed by atoms with Crippen LogP contribution in [0.4, 0.5) is 5.69 Å². The zero-order valence-corrected chi connectivity index (χ0v) is 16.3. The van der Waals surface area contributed by atoms with Crippen LogP contribution in [0.3, 0.4) is 0 Å². The third kappa shape index (κ3) is 3.07. The van der Waals surface area contributed by atoms with Crippen molar-refractivity contribution in [2.24, 2.45) is 0 Å². The van der Waals surface area contributed by atoms with E-state index >= 15 is 0 Å². The number of carbonyl (C=O) groups excluding carboxylic acids is 1. The number of hydrogen-bond donors (Lipinski definition) is 0. The van der Waals surface area contributed by atoms with E-state index in [1.165, 1.54) is 11.8 Å². The van der Waals surface area contributed by atoms with E-state index in [2.05, 4.69) is 15.9 Å². The summed E-state index contributed by atoms with van der Waals surface area (Å²) in [7, 11) is 0. The van der Waals surface area contributed by atoms with Crippen LogP contribution in [0.2, 0.25) is 0 Å². The van der Waals surface area contributed by atoms with Crippen molar-refractivity contribution in [3.05, 3.63) is 56.9 Å². The van der Waals surface area contributed by atoms with Crippen molar-refractivity contribution >= 4 is 61.9 Å². The van der Waals surface area contributed by atoms with Gasteiger partial charge in [-0.2, -0.15) is 0 Å². The van der Waals surface area contributed by atoms with E-state index in [0.717, 1.165) is 21.3 Å². The molecule has 0 atom stereocenters. The van der Waals surface area contributed by atoms with E-state index in [9.17, 15) is 4.79 Å². The number of thioether (sulfide) groups is 1. The Bertz CT molecular complexity index is 942. The molecule has 1 fully saturated rings. The number of ether oxygens (including phenoxy) is 2. The summed E-state index contributed by atoms with van der Waals surface area (Å²) in [4.78, 5) is 15.0. The number of anilines is 1. The summed E-state index contributed by atoms with van der Waals surface area (Å²) in [5.41, 5.74) is 2.71. The van der Waals surface area contributed by atoms with Crippen molar-refractivity contribution in [2.45, 2.75) is 6.92 Å². The molecule has 1 saturated heterocycles. The van der Waals surface area contributed by atoms with Gasteiger partial charge in [-0.3, -0.25) is 9.69 Å². The molecule has 0 radical (unpaired) electrons. The molecular formula is C18H12BrNO3S2. The quantitative estimate of drug-likeness (QED) is 0.497. The minimum atomic E-state index is -0.120. The summed E-state index contributed by atoms with van der Waals surface area (Å²) in [6, 6.07) is 11.4. The lowest BCUT2D eigenvalue weighted by Crippen LogP contribution is -2.27. The van der Waals surface area contributed by atoms with E-state index in [1.807, 2.05) is 49.4 Å². The Morgan fingerprint density at radius 3 is 2.76 bits per heavy atom. The van der Waals surface area contributed by atoms with Crippen molar-refractivity contribution in [1.29, 1.82) is 0 Å². The van der Waals surface area contributed by atoms with Gasteiger partial charge in [0.25, 0.3) is 5.91 Å². The topological polar surface area (TPSA) is 38.8 Å². The van der Waals surface area contributed by atoms with Crippen molar-refractivity contribution in [3.63, 3.8) is 0 Å². The van der Waals surface area contributed by atoms with E-state index < -0.39 is 0 Å². The second kappa shape index (κ2) is 6.48. The van der Waals surface area contributed by atoms with Gasteiger partial charge in [0.15, 0.2) is 15.8 Å². The van der Waals surface area contributed by atoms with Gasteiger partial charge >= 0.3 is 0 Å². The predicted octanol–water partition coefficient (Wildman–Crippen LogP) is 4.89. The molecule has 4 nitrogen and oxygen atoms in total. The van der Waals surface area contributed by atoms with Crippen LogP contribution in [0.15, 0.2) is 45.8 Å². The van der Waals surface area contributed by atoms with Crippen LogP contribution in [0.5, 0.6) is 11.5 Å². The number of fused-ring (bicyclic) bond motifs is 1. The maximum absolute atomic E-state index is 12.9. The lowest BCUT2D eigenvalue weighted by atomic mass is 10.1. The number of amides is 1. The van der Waals surface area contributed by atoms with Crippen LogP contribution in [0.25, 0.3) is 6.08 Å². The number of nitrogens with zero attached hydrogens (tertiary/aromatic N) is 1. The lowest BCUT2D eigenvalue weighted by molar-refractivity contribution is -0.113. The van der Waals surface area contributed by atoms with Crippen molar-refractivity contribution in [3.8, 4) is 11.5 Å². The highest BCUT2D eigenvalue weighted by Gasteiger charge is 2.33. The summed E-state index contributed by atoms with van der Waals surface area (Å²) in [5.74, 6) is 1.24. The van der Waals surface area contributed by atoms with Gasteiger partial charge in [-0.25, -0.2) is 0 Å². The molecule has 0 bridgehead atoms. The second-order valence-corrected chi connectivity index (χ2v) is 8.11. The Morgan fingerprint density at radius 2 is 2.00 bits per heavy atom. The Labute approximate surface area is 162 Å². The molecule has 0 aromatic heterocycles. The molecule has 4 rings (SSSR count). The largest absolute Gasteiger partial charge is 0.454 e. The highest BCUT2D eigenvalue weighted by Crippen LogP contribution is 2.40. The van der Waals surface area contributed by atoms with Gasteiger partial charge in [-0.05, 0) is 48.4 Å². The Kier molecular flexibility index (Phi) is 4.31. The zero-order valence-electron chi connectivity index (χ0n) is 13.1. The van der Waals surface area contributed by atoms with Gasteiger partial charge in [0.05, 0.1) is 10.6 Å². The van der Waals surface area contributed by atoms with Crippen LogP contribution >= 0.6 is 39.9 Å². The molecule has 2 aromatic carbocycles. The van der Waals surface area contributed by atoms with Gasteiger partial charge in [-0.1, -0.05) is 52.0 Å². The lowest BCUT2D eigenvalue weighted by Gasteiger charge is -2.14. The van der Waals surface area contributed by atoms with Gasteiger partial charge in [-0.15, -0.1) is 0 Å². The number of aryl methyl sites for hydroxylation is 1. The molecule has 7 heteroatoms. The number of carbonyl (C=O) groups is 1. The molecule has 0 unspecified atom stereocenters. The van der Waals surface area contributed by atoms with Crippen LogP contribution in [-0.2, 0) is 4.79 Å². The summed E-state index contributed by atoms with van der Waals surface area (Å²) < 4.78 is 12.1. The fourth-order valence-electron chi connectivity index (χ4n) is 2.64. The van der Waals surface area contributed by atoms with Crippen LogP contribution in [0, 0.1) is 6.92 Å². The molecule has 0 aliphatic carbocycles. The molecule has 2 aliphatic rings. The average Bonchev–Trinajstić information content (AvgIpc) is 3.12. The predicted molar refractivity (Wildman–Crippen MR) is 107 cm³/mol. The number of hydrogen-bond acceptors (Lipinski definition) is 5. The summed E-state index contributed by atoms with van der Waals surface area (Å²) in [6.45, 7) is 2.20. The molecular weight excluding hydrogens is 422 g/mol. The van der Waals surface area contributed by atoms with Gasteiger partial charge in [0.1, 0.15) is 0 Å². The summed E-state index contributed by atoms with van der Waals surface area (Å²) in [5, 5.41) is 0. The number of thiocarbonyl (C=S) groups is 1. The zero-order chi connectivity index (χ0) is 17.6. The molecule has 2 aromatic rings. The van der Waals surface area contributed by atoms with Crippen LogP contribution < -0.4 is 14.4 Å². The first-order chi connectivity index (χ1) is 12.0. The molecule has 0 saturated carbocycles. The fourth-order valence-corrected chi connectivity index (χ4v) is 4.37. The van der Waals surface area contributed by atoms with Gasteiger partial charge < -0.3 is 9.47 Å². The maximum Gasteiger partial charge on any atom is 0.270 e. The monoisotopic (exact) mass is 433 g/mol. The van der Waals surface area contributed by atoms with Gasteiger partial charge in [0, 0.05) is 4.47 Å². The highest BCUT2D eigenvalue weighted by atomic mass is 79.9. The van der Waals surface area contributed by atoms with Crippen LogP contribution in [0.1, 0.15) is 11.1 Å². The standard InChI is InChI=1S/C18H12BrNO3S2/c1-10-3-2-4-12(5-10)20-17(21)16(25-18(20)24)7-11-6-14-15(8-13(11)19)23-9-22-14/h2-8H,9H2,1H3/b16-7+. The molecule has 0 N–H and O–H groups in total. The fraction of sp³-hybridized carbons (Fsp3) is 0.111. The molecule has 2 heterocycles. The smallest absolute Gasteiger partial charge is 0.270 e. The normalized spacial score (nSPS) is 17.7. The highest BCUT2D eigenvalue weighted by molar-refractivity contribution is 9.10. The summed E-state index contributed by atoms with van der Waals surface area (Å²) in [6.07, 6.45) is 1.82. The second-order valence-electron chi connectivity index (χ2n) is 5.58. The minimum absolute atomic E-state index is 0.120. The molecule has 25 heavy (non-hydrogen) atoms. The maximum atomic E-state index is 12.9. The first-order valence-corrected chi connectivity index (χ1v) is 9.48. The van der Waals surface area contributed by atoms with E-state index in [4.69, 9.17) is 21.7 Å². The third-order valence-electron chi connectivity index (χ3n) is 3.83. The van der Waals surface area contributed by atoms with E-state index in [0.29, 0.717) is 20.7 Å². The van der Waals surface area contributed by atoms with Crippen LogP contribution in [-0.4, -0.2) is 17.0 Å². The first kappa shape index (κ1) is 16.6. The molecule has 0 spiro atoms. The molecule has 2 aliphatic heterocycles. The Morgan fingerprint density at radius 1 is 1.24 bits per heavy atom. The van der Waals surface area contributed by atoms with E-state index in [1.54, 1.807) is 4.90 Å². The Hall–Kier alpha value is -1.83. The van der Waals surface area contributed by atoms with Crippen molar-refractivity contribution in [1.82, 2.24) is 0 Å². The number of rotatable bonds is 2.